The zero-order valence-corrected chi connectivity index (χ0v) is 11.7. The molecule has 0 aliphatic rings. The van der Waals surface area contributed by atoms with Gasteiger partial charge in [-0.15, -0.1) is 0 Å². The number of benzene rings is 1. The number of carbonyl (C=O) groups is 1. The zero-order valence-electron chi connectivity index (χ0n) is 10.9. The highest BCUT2D eigenvalue weighted by molar-refractivity contribution is 7.94. The minimum absolute atomic E-state index is 0.0398. The fourth-order valence-corrected chi connectivity index (χ4v) is 2.38. The van der Waals surface area contributed by atoms with Crippen molar-refractivity contribution in [2.45, 2.75) is 25.5 Å². The Bertz CT molecular complexity index is 640. The lowest BCUT2D eigenvalue weighted by Crippen LogP contribution is -2.32. The second-order valence-corrected chi connectivity index (χ2v) is 6.08. The summed E-state index contributed by atoms with van der Waals surface area (Å²) in [5.41, 5.74) is 0.210. The highest BCUT2D eigenvalue weighted by Crippen LogP contribution is 2.24. The van der Waals surface area contributed by atoms with Crippen molar-refractivity contribution in [1.82, 2.24) is 0 Å². The molecular formula is C11H14N2O6S. The van der Waals surface area contributed by atoms with Gasteiger partial charge in [0, 0.05) is 11.6 Å². The van der Waals surface area contributed by atoms with E-state index in [-0.39, 0.29) is 11.4 Å². The molecule has 1 aromatic rings. The smallest absolute Gasteiger partial charge is 0.323 e. The van der Waals surface area contributed by atoms with Gasteiger partial charge in [0.2, 0.25) is 10.0 Å². The van der Waals surface area contributed by atoms with Gasteiger partial charge in [-0.05, 0) is 19.4 Å². The summed E-state index contributed by atoms with van der Waals surface area (Å²) in [4.78, 5) is 20.9. The molecule has 9 heteroatoms. The first-order valence-corrected chi connectivity index (χ1v) is 7.25. The van der Waals surface area contributed by atoms with E-state index in [2.05, 4.69) is 0 Å². The third-order valence-corrected chi connectivity index (χ3v) is 4.39. The number of aliphatic carboxylic acids is 1. The third kappa shape index (κ3) is 3.44. The van der Waals surface area contributed by atoms with Crippen LogP contribution in [0.5, 0.6) is 0 Å². The molecule has 0 aromatic heterocycles. The number of nitro groups is 1. The maximum absolute atomic E-state index is 11.7. The minimum atomic E-state index is -4.15. The SMILES string of the molecule is CCc1ccc(NS(=O)(=O)C(C)C(=O)O)cc1[N+](=O)[O-]. The number of rotatable bonds is 6. The number of nitrogens with zero attached hydrogens (tertiary/aromatic N) is 1. The average molecular weight is 302 g/mol. The van der Waals surface area contributed by atoms with E-state index in [1.807, 2.05) is 4.72 Å². The molecule has 0 saturated carbocycles. The molecule has 0 radical (unpaired) electrons. The van der Waals surface area contributed by atoms with Gasteiger partial charge >= 0.3 is 5.97 Å². The summed E-state index contributed by atoms with van der Waals surface area (Å²) < 4.78 is 25.5. The molecule has 1 rings (SSSR count). The number of nitro benzene ring substituents is 1. The van der Waals surface area contributed by atoms with E-state index < -0.39 is 26.2 Å². The van der Waals surface area contributed by atoms with E-state index in [0.29, 0.717) is 12.0 Å². The van der Waals surface area contributed by atoms with Crippen LogP contribution in [0.3, 0.4) is 0 Å². The lowest BCUT2D eigenvalue weighted by atomic mass is 10.1. The summed E-state index contributed by atoms with van der Waals surface area (Å²) in [7, 11) is -4.15. The minimum Gasteiger partial charge on any atom is -0.480 e. The van der Waals surface area contributed by atoms with Crippen LogP contribution in [0.4, 0.5) is 11.4 Å². The van der Waals surface area contributed by atoms with Crippen LogP contribution in [0.25, 0.3) is 0 Å². The second-order valence-electron chi connectivity index (χ2n) is 4.08. The first kappa shape index (κ1) is 15.9. The third-order valence-electron chi connectivity index (χ3n) is 2.74. The van der Waals surface area contributed by atoms with Crippen LogP contribution in [0.2, 0.25) is 0 Å². The largest absolute Gasteiger partial charge is 0.480 e. The van der Waals surface area contributed by atoms with Crippen LogP contribution in [0, 0.1) is 10.1 Å². The van der Waals surface area contributed by atoms with Gasteiger partial charge in [0.1, 0.15) is 0 Å². The van der Waals surface area contributed by atoms with E-state index in [1.165, 1.54) is 12.1 Å². The Morgan fingerprint density at radius 1 is 1.50 bits per heavy atom. The van der Waals surface area contributed by atoms with Gasteiger partial charge in [0.05, 0.1) is 10.6 Å². The Morgan fingerprint density at radius 2 is 2.10 bits per heavy atom. The maximum atomic E-state index is 11.7. The van der Waals surface area contributed by atoms with E-state index in [1.54, 1.807) is 6.92 Å². The fourth-order valence-electron chi connectivity index (χ4n) is 1.48. The second kappa shape index (κ2) is 5.87. The van der Waals surface area contributed by atoms with E-state index in [9.17, 15) is 23.3 Å². The molecule has 0 aliphatic carbocycles. The van der Waals surface area contributed by atoms with Crippen molar-refractivity contribution in [2.75, 3.05) is 4.72 Å². The monoisotopic (exact) mass is 302 g/mol. The van der Waals surface area contributed by atoms with Crippen LogP contribution in [0.1, 0.15) is 19.4 Å². The number of hydrogen-bond acceptors (Lipinski definition) is 5. The molecule has 8 nitrogen and oxygen atoms in total. The molecule has 20 heavy (non-hydrogen) atoms. The highest BCUT2D eigenvalue weighted by atomic mass is 32.2. The van der Waals surface area contributed by atoms with E-state index >= 15 is 0 Å². The number of carboxylic acid groups (broad SMARTS) is 1. The quantitative estimate of drug-likeness (QED) is 0.603. The van der Waals surface area contributed by atoms with Gasteiger partial charge in [-0.3, -0.25) is 19.6 Å². The van der Waals surface area contributed by atoms with Crippen molar-refractivity contribution in [3.63, 3.8) is 0 Å². The summed E-state index contributed by atoms with van der Waals surface area (Å²) in [5.74, 6) is -1.50. The van der Waals surface area contributed by atoms with Crippen molar-refractivity contribution in [2.24, 2.45) is 0 Å². The maximum Gasteiger partial charge on any atom is 0.323 e. The van der Waals surface area contributed by atoms with Crippen LogP contribution in [-0.4, -0.2) is 29.7 Å². The molecule has 0 heterocycles. The van der Waals surface area contributed by atoms with Gasteiger partial charge in [0.15, 0.2) is 5.25 Å². The van der Waals surface area contributed by atoms with Crippen molar-refractivity contribution in [1.29, 1.82) is 0 Å². The van der Waals surface area contributed by atoms with E-state index in [4.69, 9.17) is 5.11 Å². The van der Waals surface area contributed by atoms with Crippen LogP contribution in [0.15, 0.2) is 18.2 Å². The van der Waals surface area contributed by atoms with Gasteiger partial charge in [0.25, 0.3) is 5.69 Å². The van der Waals surface area contributed by atoms with Crippen LogP contribution in [-0.2, 0) is 21.2 Å². The summed E-state index contributed by atoms with van der Waals surface area (Å²) in [6.45, 7) is 2.75. The molecule has 0 amide bonds. The first-order valence-electron chi connectivity index (χ1n) is 5.70. The number of aryl methyl sites for hydroxylation is 1. The molecule has 0 spiro atoms. The number of anilines is 1. The standard InChI is InChI=1S/C11H14N2O6S/c1-3-8-4-5-9(6-10(8)13(16)17)12-20(18,19)7(2)11(14)15/h4-7,12H,3H2,1-2H3,(H,14,15). The van der Waals surface area contributed by atoms with Gasteiger partial charge < -0.3 is 5.11 Å². The topological polar surface area (TPSA) is 127 Å². The van der Waals surface area contributed by atoms with Crippen LogP contribution < -0.4 is 4.72 Å². The van der Waals surface area contributed by atoms with E-state index in [0.717, 1.165) is 13.0 Å². The lowest BCUT2D eigenvalue weighted by Gasteiger charge is -2.11. The van der Waals surface area contributed by atoms with Gasteiger partial charge in [-0.25, -0.2) is 8.42 Å². The van der Waals surface area contributed by atoms with Crippen LogP contribution >= 0.6 is 0 Å². The highest BCUT2D eigenvalue weighted by Gasteiger charge is 2.28. The molecule has 0 bridgehead atoms. The number of sulfonamides is 1. The predicted molar refractivity (Wildman–Crippen MR) is 72.1 cm³/mol. The Labute approximate surface area is 115 Å². The number of nitrogens with one attached hydrogen (secondary N) is 1. The molecule has 1 atom stereocenters. The summed E-state index contributed by atoms with van der Waals surface area (Å²) in [6, 6.07) is 3.87. The van der Waals surface area contributed by atoms with Crippen molar-refractivity contribution >= 4 is 27.4 Å². The first-order chi connectivity index (χ1) is 9.19. The zero-order chi connectivity index (χ0) is 15.5. The summed E-state index contributed by atoms with van der Waals surface area (Å²) >= 11 is 0. The molecule has 0 saturated heterocycles. The number of hydrogen-bond donors (Lipinski definition) is 2. The molecule has 1 unspecified atom stereocenters. The molecule has 1 aromatic carbocycles. The van der Waals surface area contributed by atoms with Crippen molar-refractivity contribution in [3.05, 3.63) is 33.9 Å². The summed E-state index contributed by atoms with van der Waals surface area (Å²) in [5, 5.41) is 17.9. The Balaban J connectivity index is 3.14. The van der Waals surface area contributed by atoms with Crippen molar-refractivity contribution < 1.29 is 23.2 Å². The lowest BCUT2D eigenvalue weighted by molar-refractivity contribution is -0.385. The Morgan fingerprint density at radius 3 is 2.55 bits per heavy atom. The molecule has 0 fully saturated rings. The van der Waals surface area contributed by atoms with Crippen molar-refractivity contribution in [3.8, 4) is 0 Å². The summed E-state index contributed by atoms with van der Waals surface area (Å²) in [6.07, 6.45) is 0.425. The number of carboxylic acids is 1. The fraction of sp³-hybridized carbons (Fsp3) is 0.364. The molecule has 110 valence electrons. The molecule has 2 N–H and O–H groups in total. The van der Waals surface area contributed by atoms with Gasteiger partial charge in [-0.1, -0.05) is 13.0 Å². The predicted octanol–water partition coefficient (Wildman–Crippen LogP) is 1.37. The molecular weight excluding hydrogens is 288 g/mol. The Kier molecular flexibility index (Phi) is 4.66. The average Bonchev–Trinajstić information content (AvgIpc) is 2.37. The molecule has 0 aliphatic heterocycles. The normalized spacial score (nSPS) is 12.7. The van der Waals surface area contributed by atoms with Gasteiger partial charge in [-0.2, -0.15) is 0 Å². The Hall–Kier alpha value is -2.16.